The molecule has 2 fully saturated rings. The van der Waals surface area contributed by atoms with Gasteiger partial charge in [-0.15, -0.1) is 0 Å². The third-order valence-electron chi connectivity index (χ3n) is 7.34. The Morgan fingerprint density at radius 2 is 2.29 bits per heavy atom. The van der Waals surface area contributed by atoms with Crippen LogP contribution in [0.5, 0.6) is 0 Å². The van der Waals surface area contributed by atoms with Crippen molar-refractivity contribution in [3.63, 3.8) is 0 Å². The van der Waals surface area contributed by atoms with Gasteiger partial charge >= 0.3 is 13.2 Å². The minimum atomic E-state index is -0.963. The number of carbonyl (C=O) groups is 1. The Labute approximate surface area is 164 Å². The average Bonchev–Trinajstić information content (AvgIpc) is 3.35. The maximum absolute atomic E-state index is 12.3. The smallest absolute Gasteiger partial charge is 0.450 e. The van der Waals surface area contributed by atoms with Gasteiger partial charge in [0.15, 0.2) is 0 Å². The molecule has 2 aromatic heterocycles. The van der Waals surface area contributed by atoms with Crippen LogP contribution in [0.3, 0.4) is 0 Å². The number of pyridine rings is 1. The van der Waals surface area contributed by atoms with E-state index in [2.05, 4.69) is 23.8 Å². The molecule has 1 saturated carbocycles. The minimum Gasteiger partial charge on any atom is -0.450 e. The van der Waals surface area contributed by atoms with E-state index in [4.69, 9.17) is 9.39 Å². The molecule has 7 nitrogen and oxygen atoms in total. The number of carbonyl (C=O) groups excluding carboxylic acids is 1. The second-order valence-corrected chi connectivity index (χ2v) is 9.18. The van der Waals surface area contributed by atoms with Gasteiger partial charge in [-0.05, 0) is 48.6 Å². The Hall–Kier alpha value is -2.06. The Bertz CT molecular complexity index is 960. The zero-order valence-electron chi connectivity index (χ0n) is 16.6. The molecule has 1 saturated heterocycles. The number of likely N-dealkylation sites (tertiary alicyclic amines) is 1. The molecule has 4 heterocycles. The molecule has 2 aromatic rings. The first-order chi connectivity index (χ1) is 13.3. The molecule has 3 aliphatic rings. The van der Waals surface area contributed by atoms with Crippen LogP contribution < -0.4 is 5.46 Å². The summed E-state index contributed by atoms with van der Waals surface area (Å²) in [6.07, 6.45) is 5.86. The van der Waals surface area contributed by atoms with E-state index in [1.807, 2.05) is 24.1 Å². The van der Waals surface area contributed by atoms with E-state index in [0.29, 0.717) is 19.7 Å². The molecule has 1 aliphatic carbocycles. The van der Waals surface area contributed by atoms with Crippen molar-refractivity contribution in [3.8, 4) is 0 Å². The van der Waals surface area contributed by atoms with Crippen LogP contribution in [0.25, 0.3) is 11.0 Å². The quantitative estimate of drug-likeness (QED) is 0.737. The lowest BCUT2D eigenvalue weighted by Crippen LogP contribution is -2.38. The highest BCUT2D eigenvalue weighted by Crippen LogP contribution is 2.66. The van der Waals surface area contributed by atoms with E-state index in [9.17, 15) is 9.82 Å². The first-order valence-electron chi connectivity index (χ1n) is 10.0. The van der Waals surface area contributed by atoms with E-state index in [1.54, 1.807) is 6.20 Å². The number of aromatic amines is 1. The highest BCUT2D eigenvalue weighted by atomic mass is 16.6. The third kappa shape index (κ3) is 2.24. The van der Waals surface area contributed by atoms with Gasteiger partial charge in [0.1, 0.15) is 5.65 Å². The SMILES string of the molecule is CCOC(=O)N1CCC2(C1)CC1(CC2(C)C)OB(O)c2cnc3[nH]ccc3c21. The largest absolute Gasteiger partial charge is 0.493 e. The summed E-state index contributed by atoms with van der Waals surface area (Å²) in [4.78, 5) is 21.8. The fourth-order valence-corrected chi connectivity index (χ4v) is 6.00. The maximum Gasteiger partial charge on any atom is 0.493 e. The van der Waals surface area contributed by atoms with Crippen molar-refractivity contribution >= 4 is 29.7 Å². The molecule has 8 heteroatoms. The number of rotatable bonds is 1. The number of hydrogen-bond acceptors (Lipinski definition) is 5. The average molecular weight is 383 g/mol. The van der Waals surface area contributed by atoms with Gasteiger partial charge in [-0.25, -0.2) is 9.78 Å². The van der Waals surface area contributed by atoms with Crippen molar-refractivity contribution in [2.75, 3.05) is 19.7 Å². The van der Waals surface area contributed by atoms with Crippen LogP contribution in [0.15, 0.2) is 18.5 Å². The zero-order chi connectivity index (χ0) is 19.7. The zero-order valence-corrected chi connectivity index (χ0v) is 16.6. The molecule has 5 rings (SSSR count). The van der Waals surface area contributed by atoms with Crippen molar-refractivity contribution in [1.82, 2.24) is 14.9 Å². The lowest BCUT2D eigenvalue weighted by atomic mass is 9.67. The maximum atomic E-state index is 12.3. The molecule has 1 amide bonds. The van der Waals surface area contributed by atoms with E-state index in [0.717, 1.165) is 41.3 Å². The fourth-order valence-electron chi connectivity index (χ4n) is 6.00. The fraction of sp³-hybridized carbons (Fsp3) is 0.600. The molecule has 28 heavy (non-hydrogen) atoms. The number of hydrogen-bond donors (Lipinski definition) is 2. The van der Waals surface area contributed by atoms with Crippen molar-refractivity contribution in [3.05, 3.63) is 24.0 Å². The van der Waals surface area contributed by atoms with E-state index >= 15 is 0 Å². The van der Waals surface area contributed by atoms with Gasteiger partial charge in [0.2, 0.25) is 0 Å². The number of nitrogens with one attached hydrogen (secondary N) is 1. The van der Waals surface area contributed by atoms with Crippen molar-refractivity contribution in [2.45, 2.75) is 45.6 Å². The molecule has 148 valence electrons. The highest BCUT2D eigenvalue weighted by molar-refractivity contribution is 6.62. The first-order valence-corrected chi connectivity index (χ1v) is 10.0. The topological polar surface area (TPSA) is 87.7 Å². The van der Waals surface area contributed by atoms with Gasteiger partial charge in [-0.3, -0.25) is 0 Å². The van der Waals surface area contributed by atoms with Gasteiger partial charge < -0.3 is 24.3 Å². The first kappa shape index (κ1) is 18.0. The van der Waals surface area contributed by atoms with Crippen LogP contribution in [-0.2, 0) is 15.0 Å². The molecule has 2 unspecified atom stereocenters. The van der Waals surface area contributed by atoms with Crippen LogP contribution in [0.4, 0.5) is 4.79 Å². The second-order valence-electron chi connectivity index (χ2n) is 9.18. The number of fused-ring (bicyclic) bond motifs is 4. The third-order valence-corrected chi connectivity index (χ3v) is 7.34. The number of ether oxygens (including phenoxy) is 1. The summed E-state index contributed by atoms with van der Waals surface area (Å²) in [6, 6.07) is 2.02. The summed E-state index contributed by atoms with van der Waals surface area (Å²) in [5, 5.41) is 11.7. The monoisotopic (exact) mass is 383 g/mol. The normalized spacial score (nSPS) is 30.7. The van der Waals surface area contributed by atoms with Gasteiger partial charge in [-0.2, -0.15) is 0 Å². The number of amides is 1. The summed E-state index contributed by atoms with van der Waals surface area (Å²) in [5.74, 6) is 0. The molecule has 2 atom stereocenters. The van der Waals surface area contributed by atoms with Crippen molar-refractivity contribution in [1.29, 1.82) is 0 Å². The van der Waals surface area contributed by atoms with Gasteiger partial charge in [0.05, 0.1) is 12.2 Å². The Morgan fingerprint density at radius 3 is 3.07 bits per heavy atom. The lowest BCUT2D eigenvalue weighted by Gasteiger charge is -2.37. The molecule has 0 bridgehead atoms. The molecular formula is C20H26BN3O4. The molecule has 0 radical (unpaired) electrons. The van der Waals surface area contributed by atoms with Gasteiger partial charge in [0.25, 0.3) is 0 Å². The standard InChI is InChI=1S/C20H26BN3O4/c1-4-27-17(25)24-8-6-19(12-24)11-20(10-18(19,2)3)15-13-5-7-22-16(13)23-9-14(15)21(26)28-20/h5,7,9,26H,4,6,8,10-12H2,1-3H3,(H,22,23). The van der Waals surface area contributed by atoms with Crippen LogP contribution in [0.1, 0.15) is 45.6 Å². The Balaban J connectivity index is 1.57. The summed E-state index contributed by atoms with van der Waals surface area (Å²) in [5.41, 5.74) is 1.95. The number of nitrogens with zero attached hydrogens (tertiary/aromatic N) is 2. The predicted molar refractivity (Wildman–Crippen MR) is 105 cm³/mol. The molecule has 2 N–H and O–H groups in total. The van der Waals surface area contributed by atoms with Crippen LogP contribution in [0.2, 0.25) is 0 Å². The Kier molecular flexibility index (Phi) is 3.69. The number of H-pyrrole nitrogens is 1. The highest BCUT2D eigenvalue weighted by Gasteiger charge is 2.65. The molecular weight excluding hydrogens is 357 g/mol. The summed E-state index contributed by atoms with van der Waals surface area (Å²) >= 11 is 0. The van der Waals surface area contributed by atoms with E-state index < -0.39 is 12.7 Å². The summed E-state index contributed by atoms with van der Waals surface area (Å²) < 4.78 is 11.5. The van der Waals surface area contributed by atoms with E-state index in [1.165, 1.54) is 0 Å². The lowest BCUT2D eigenvalue weighted by molar-refractivity contribution is 0.0535. The van der Waals surface area contributed by atoms with Gasteiger partial charge in [0, 0.05) is 36.3 Å². The summed E-state index contributed by atoms with van der Waals surface area (Å²) in [7, 11) is -0.963. The molecule has 2 spiro atoms. The van der Waals surface area contributed by atoms with Crippen LogP contribution in [-0.4, -0.2) is 52.8 Å². The van der Waals surface area contributed by atoms with Crippen molar-refractivity contribution in [2.24, 2.45) is 10.8 Å². The van der Waals surface area contributed by atoms with Crippen molar-refractivity contribution < 1.29 is 19.2 Å². The minimum absolute atomic E-state index is 0.0541. The Morgan fingerprint density at radius 1 is 1.46 bits per heavy atom. The van der Waals surface area contributed by atoms with Crippen LogP contribution in [0, 0.1) is 10.8 Å². The molecule has 2 aliphatic heterocycles. The van der Waals surface area contributed by atoms with Crippen LogP contribution >= 0.6 is 0 Å². The van der Waals surface area contributed by atoms with E-state index in [-0.39, 0.29) is 16.9 Å². The molecule has 0 aromatic carbocycles. The summed E-state index contributed by atoms with van der Waals surface area (Å²) in [6.45, 7) is 8.11. The number of aromatic nitrogens is 2. The predicted octanol–water partition coefficient (Wildman–Crippen LogP) is 2.14. The van der Waals surface area contributed by atoms with Gasteiger partial charge in [-0.1, -0.05) is 13.8 Å². The second kappa shape index (κ2) is 5.73.